The van der Waals surface area contributed by atoms with Gasteiger partial charge in [-0.1, -0.05) is 0 Å². The molecule has 6 N–H and O–H groups in total. The lowest BCUT2D eigenvalue weighted by Crippen LogP contribution is -2.39. The van der Waals surface area contributed by atoms with E-state index < -0.39 is 5.91 Å². The van der Waals surface area contributed by atoms with Crippen LogP contribution >= 0.6 is 0 Å². The lowest BCUT2D eigenvalue weighted by atomic mass is 10.3. The van der Waals surface area contributed by atoms with E-state index in [4.69, 9.17) is 29.8 Å². The highest BCUT2D eigenvalue weighted by atomic mass is 16.5. The molecule has 1 amide bonds. The van der Waals surface area contributed by atoms with Crippen molar-refractivity contribution in [3.8, 4) is 11.5 Å². The number of hydrogen-bond acceptors (Lipinski definition) is 11. The van der Waals surface area contributed by atoms with Crippen molar-refractivity contribution in [1.29, 1.82) is 5.41 Å². The van der Waals surface area contributed by atoms with Crippen molar-refractivity contribution in [2.24, 2.45) is 0 Å². The summed E-state index contributed by atoms with van der Waals surface area (Å²) in [6.45, 7) is 5.76. The summed E-state index contributed by atoms with van der Waals surface area (Å²) < 4.78 is 15.5. The number of phenols is 2. The van der Waals surface area contributed by atoms with Crippen molar-refractivity contribution in [3.05, 3.63) is 48.5 Å². The molecule has 0 spiro atoms. The Morgan fingerprint density at radius 1 is 0.861 bits per heavy atom. The van der Waals surface area contributed by atoms with Gasteiger partial charge in [-0.3, -0.25) is 25.2 Å². The van der Waals surface area contributed by atoms with Gasteiger partial charge in [-0.05, 0) is 62.4 Å². The molecule has 198 valence electrons. The van der Waals surface area contributed by atoms with Crippen LogP contribution in [-0.2, 0) is 23.8 Å². The molecule has 0 aromatic heterocycles. The summed E-state index contributed by atoms with van der Waals surface area (Å²) in [5.41, 5.74) is 1.64. The van der Waals surface area contributed by atoms with Gasteiger partial charge in [0.1, 0.15) is 38.3 Å². The number of phenolic OH excluding ortho intramolecular Hbond substituents is 2. The molecule has 0 bridgehead atoms. The van der Waals surface area contributed by atoms with E-state index in [1.54, 1.807) is 43.3 Å². The zero-order valence-electron chi connectivity index (χ0n) is 20.5. The van der Waals surface area contributed by atoms with Gasteiger partial charge in [-0.2, -0.15) is 0 Å². The standard InChI is InChI=1S/C13H17N3O4.C11H18N2O3/c1-2-16(12(14)7-17)13(19)8-20-9-15-10-3-5-11(18)6-4-10;1-2-15-7-12-8-16-9-13-10-3-5-11(14)6-4-10/h3-7,14-15,18H,2,8-9H2,1H3;3-6,12-14H,2,7-9H2,1H3. The Labute approximate surface area is 210 Å². The molecule has 0 heterocycles. The van der Waals surface area contributed by atoms with Gasteiger partial charge in [0, 0.05) is 24.5 Å². The number of ether oxygens (including phenoxy) is 3. The van der Waals surface area contributed by atoms with E-state index in [0.717, 1.165) is 16.3 Å². The van der Waals surface area contributed by atoms with Gasteiger partial charge in [0.25, 0.3) is 5.91 Å². The number of carbonyl (C=O) groups is 2. The first-order valence-electron chi connectivity index (χ1n) is 11.2. The maximum absolute atomic E-state index is 11.7. The number of amidine groups is 1. The van der Waals surface area contributed by atoms with E-state index in [1.165, 1.54) is 12.1 Å². The average molecular weight is 506 g/mol. The summed E-state index contributed by atoms with van der Waals surface area (Å²) in [5, 5.41) is 34.4. The first-order chi connectivity index (χ1) is 17.4. The van der Waals surface area contributed by atoms with Crippen LogP contribution in [0.5, 0.6) is 11.5 Å². The largest absolute Gasteiger partial charge is 0.508 e. The smallest absolute Gasteiger partial charge is 0.254 e. The molecule has 0 aliphatic rings. The fourth-order valence-corrected chi connectivity index (χ4v) is 2.53. The summed E-state index contributed by atoms with van der Waals surface area (Å²) in [6, 6.07) is 13.2. The number of hydrogen-bond donors (Lipinski definition) is 6. The molecule has 0 saturated heterocycles. The molecule has 12 nitrogen and oxygen atoms in total. The minimum absolute atomic E-state index is 0.0997. The van der Waals surface area contributed by atoms with Gasteiger partial charge >= 0.3 is 0 Å². The lowest BCUT2D eigenvalue weighted by Gasteiger charge is -2.18. The predicted molar refractivity (Wildman–Crippen MR) is 136 cm³/mol. The van der Waals surface area contributed by atoms with E-state index in [2.05, 4.69) is 16.0 Å². The second-order valence-corrected chi connectivity index (χ2v) is 6.96. The number of aldehydes is 1. The maximum Gasteiger partial charge on any atom is 0.254 e. The van der Waals surface area contributed by atoms with Crippen LogP contribution in [0.3, 0.4) is 0 Å². The van der Waals surface area contributed by atoms with Crippen LogP contribution in [0, 0.1) is 5.41 Å². The normalized spacial score (nSPS) is 10.1. The molecule has 2 rings (SSSR count). The second-order valence-electron chi connectivity index (χ2n) is 6.96. The van der Waals surface area contributed by atoms with Crippen molar-refractivity contribution in [2.45, 2.75) is 13.8 Å². The zero-order valence-corrected chi connectivity index (χ0v) is 20.5. The summed E-state index contributed by atoms with van der Waals surface area (Å²) in [6.07, 6.45) is 0.316. The molecule has 0 atom stereocenters. The van der Waals surface area contributed by atoms with Gasteiger partial charge in [0.15, 0.2) is 12.1 Å². The number of carbonyl (C=O) groups excluding carboxylic acids is 2. The molecule has 2 aromatic carbocycles. The van der Waals surface area contributed by atoms with Crippen molar-refractivity contribution in [3.63, 3.8) is 0 Å². The quantitative estimate of drug-likeness (QED) is 0.0527. The van der Waals surface area contributed by atoms with Crippen LogP contribution < -0.4 is 16.0 Å². The summed E-state index contributed by atoms with van der Waals surface area (Å²) in [4.78, 5) is 23.2. The SMILES string of the molecule is CCN(C(=N)C=O)C(=O)COCNc1ccc(O)cc1.CCOCNCOCNc1ccc(O)cc1. The number of benzene rings is 2. The van der Waals surface area contributed by atoms with Gasteiger partial charge < -0.3 is 35.1 Å². The van der Waals surface area contributed by atoms with Crippen LogP contribution in [0.4, 0.5) is 11.4 Å². The molecule has 0 aliphatic carbocycles. The van der Waals surface area contributed by atoms with E-state index in [1.807, 2.05) is 6.92 Å². The zero-order chi connectivity index (χ0) is 26.6. The fraction of sp³-hybridized carbons (Fsp3) is 0.375. The Bertz CT molecular complexity index is 895. The highest BCUT2D eigenvalue weighted by Crippen LogP contribution is 2.14. The molecule has 12 heteroatoms. The molecule has 0 fully saturated rings. The Kier molecular flexibility index (Phi) is 15.7. The number of nitrogens with zero attached hydrogens (tertiary/aromatic N) is 1. The van der Waals surface area contributed by atoms with Crippen LogP contribution in [0.15, 0.2) is 48.5 Å². The number of amides is 1. The van der Waals surface area contributed by atoms with E-state index in [-0.39, 0.29) is 37.2 Å². The number of nitrogens with one attached hydrogen (secondary N) is 4. The molecule has 0 saturated carbocycles. The Hall–Kier alpha value is -3.71. The molecular formula is C24H35N5O7. The summed E-state index contributed by atoms with van der Waals surface area (Å²) in [7, 11) is 0. The van der Waals surface area contributed by atoms with E-state index >= 15 is 0 Å². The molecule has 0 aliphatic heterocycles. The van der Waals surface area contributed by atoms with Crippen molar-refractivity contribution < 1.29 is 34.0 Å². The minimum atomic E-state index is -0.447. The highest BCUT2D eigenvalue weighted by Gasteiger charge is 2.15. The monoisotopic (exact) mass is 505 g/mol. The topological polar surface area (TPSA) is 165 Å². The Morgan fingerprint density at radius 3 is 1.83 bits per heavy atom. The van der Waals surface area contributed by atoms with E-state index in [9.17, 15) is 9.59 Å². The minimum Gasteiger partial charge on any atom is -0.508 e. The molecule has 2 aromatic rings. The van der Waals surface area contributed by atoms with E-state index in [0.29, 0.717) is 33.1 Å². The fourth-order valence-electron chi connectivity index (χ4n) is 2.53. The predicted octanol–water partition coefficient (Wildman–Crippen LogP) is 2.12. The molecule has 0 radical (unpaired) electrons. The number of likely N-dealkylation sites (N-methyl/N-ethyl adjacent to an activating group) is 1. The molecule has 0 unspecified atom stereocenters. The third-order valence-electron chi connectivity index (χ3n) is 4.35. The Morgan fingerprint density at radius 2 is 1.36 bits per heavy atom. The first kappa shape index (κ1) is 30.3. The third kappa shape index (κ3) is 13.2. The van der Waals surface area contributed by atoms with Crippen LogP contribution in [0.2, 0.25) is 0 Å². The van der Waals surface area contributed by atoms with Crippen LogP contribution in [0.25, 0.3) is 0 Å². The highest BCUT2D eigenvalue weighted by molar-refractivity contribution is 6.29. The van der Waals surface area contributed by atoms with Crippen LogP contribution in [0.1, 0.15) is 13.8 Å². The van der Waals surface area contributed by atoms with Gasteiger partial charge in [-0.25, -0.2) is 0 Å². The van der Waals surface area contributed by atoms with Crippen molar-refractivity contribution >= 4 is 29.4 Å². The maximum atomic E-state index is 11.7. The summed E-state index contributed by atoms with van der Waals surface area (Å²) in [5.74, 6) is -0.410. The van der Waals surface area contributed by atoms with Gasteiger partial charge in [0.2, 0.25) is 0 Å². The van der Waals surface area contributed by atoms with Crippen LogP contribution in [-0.4, -0.2) is 79.8 Å². The first-order valence-corrected chi connectivity index (χ1v) is 11.2. The van der Waals surface area contributed by atoms with Crippen molar-refractivity contribution in [1.82, 2.24) is 10.2 Å². The molecule has 36 heavy (non-hydrogen) atoms. The number of aromatic hydroxyl groups is 2. The Balaban J connectivity index is 0.000000369. The number of anilines is 2. The van der Waals surface area contributed by atoms with Crippen molar-refractivity contribution in [2.75, 3.05) is 57.3 Å². The third-order valence-corrected chi connectivity index (χ3v) is 4.35. The average Bonchev–Trinajstić information content (AvgIpc) is 2.89. The molecular weight excluding hydrogens is 470 g/mol. The number of rotatable bonds is 15. The summed E-state index contributed by atoms with van der Waals surface area (Å²) >= 11 is 0. The van der Waals surface area contributed by atoms with Gasteiger partial charge in [0.05, 0.1) is 6.73 Å². The second kappa shape index (κ2) is 18.6. The lowest BCUT2D eigenvalue weighted by molar-refractivity contribution is -0.132. The van der Waals surface area contributed by atoms with Gasteiger partial charge in [-0.15, -0.1) is 0 Å².